The van der Waals surface area contributed by atoms with Gasteiger partial charge in [0.05, 0.1) is 30.0 Å². The number of hydrogen-bond donors (Lipinski definition) is 4. The monoisotopic (exact) mass is 1010 g/mol. The van der Waals surface area contributed by atoms with Crippen molar-refractivity contribution in [3.8, 4) is 0 Å². The molecule has 4 aromatic carbocycles. The van der Waals surface area contributed by atoms with Crippen molar-refractivity contribution < 1.29 is 28.8 Å². The number of piperidine rings is 2. The predicted molar refractivity (Wildman–Crippen MR) is 279 cm³/mol. The molecule has 5 atom stereocenters. The zero-order valence-electron chi connectivity index (χ0n) is 41.6. The van der Waals surface area contributed by atoms with Gasteiger partial charge in [-0.3, -0.25) is 34.1 Å². The van der Waals surface area contributed by atoms with Crippen molar-refractivity contribution in [2.45, 2.75) is 123 Å². The minimum atomic E-state index is -1.05. The molecule has 1 aromatic heterocycles. The minimum Gasteiger partial charge on any atom is -0.379 e. The van der Waals surface area contributed by atoms with E-state index in [1.54, 1.807) is 42.7 Å². The van der Waals surface area contributed by atoms with E-state index in [1.165, 1.54) is 4.90 Å². The molecule has 0 saturated carbocycles. The average Bonchev–Trinajstić information content (AvgIpc) is 3.94. The van der Waals surface area contributed by atoms with E-state index in [0.717, 1.165) is 40.9 Å². The van der Waals surface area contributed by atoms with Crippen LogP contribution in [-0.4, -0.2) is 73.4 Å². The zero-order valence-corrected chi connectivity index (χ0v) is 43.1. The van der Waals surface area contributed by atoms with Crippen LogP contribution in [0.1, 0.15) is 135 Å². The third kappa shape index (κ3) is 11.9. The standard InChI is InChI=1S/C56H64Cl2N8O6/c1-34(2)13-22-47(35(3)4)66-51(36-14-18-39(57)19-15-36)44(38-9-6-10-40(58)27-38)28-56(5,55(66)72)29-50(68)62-41-20-16-37(17-21-41)52(69)59-25-8-26-64-31-42(61-33-64)30-60-46-12-7-11-43-45(46)32-65(54(43)71)48-23-24-49(67)63-53(48)70/h6-7,9-12,14-21,27,31,33-35,44,47-48,51,60H,8,13,22-26,28-30,32H2,1-5H3,(H,59,69)(H,62,68)(H,63,67,70)/t44-,47-,48?,51-,56-/m1/s1. The number of imidazole rings is 1. The first-order valence-electron chi connectivity index (χ1n) is 25.0. The first-order chi connectivity index (χ1) is 34.5. The Hall–Kier alpha value is -6.51. The summed E-state index contributed by atoms with van der Waals surface area (Å²) in [6.07, 6.45) is 6.96. The van der Waals surface area contributed by atoms with E-state index in [9.17, 15) is 24.0 Å². The van der Waals surface area contributed by atoms with Gasteiger partial charge in [0.1, 0.15) is 6.04 Å². The lowest BCUT2D eigenvalue weighted by Crippen LogP contribution is -2.57. The summed E-state index contributed by atoms with van der Waals surface area (Å²) in [5.74, 6) is -1.16. The first kappa shape index (κ1) is 51.8. The van der Waals surface area contributed by atoms with Gasteiger partial charge in [0.15, 0.2) is 0 Å². The fraction of sp³-hybridized carbons (Fsp3) is 0.411. The van der Waals surface area contributed by atoms with Crippen LogP contribution < -0.4 is 21.3 Å². The van der Waals surface area contributed by atoms with Crippen LogP contribution in [0.3, 0.4) is 0 Å². The smallest absolute Gasteiger partial charge is 0.255 e. The molecule has 2 saturated heterocycles. The summed E-state index contributed by atoms with van der Waals surface area (Å²) in [6.45, 7) is 12.4. The van der Waals surface area contributed by atoms with Crippen LogP contribution in [0, 0.1) is 17.3 Å². The third-order valence-corrected chi connectivity index (χ3v) is 14.8. The molecule has 4 heterocycles. The largest absolute Gasteiger partial charge is 0.379 e. The fourth-order valence-corrected chi connectivity index (χ4v) is 10.9. The number of carbonyl (C=O) groups excluding carboxylic acids is 6. The van der Waals surface area contributed by atoms with Gasteiger partial charge in [-0.25, -0.2) is 4.98 Å². The number of amides is 6. The second-order valence-corrected chi connectivity index (χ2v) is 21.4. The summed E-state index contributed by atoms with van der Waals surface area (Å²) >= 11 is 13.0. The molecule has 14 nitrogen and oxygen atoms in total. The summed E-state index contributed by atoms with van der Waals surface area (Å²) in [5.41, 5.74) is 4.81. The Kier molecular flexibility index (Phi) is 16.2. The number of benzene rings is 4. The molecule has 16 heteroatoms. The lowest BCUT2D eigenvalue weighted by atomic mass is 9.66. The molecule has 0 spiro atoms. The Morgan fingerprint density at radius 2 is 1.64 bits per heavy atom. The van der Waals surface area contributed by atoms with Gasteiger partial charge in [-0.1, -0.05) is 88.2 Å². The van der Waals surface area contributed by atoms with Crippen molar-refractivity contribution in [1.82, 2.24) is 30.0 Å². The van der Waals surface area contributed by atoms with Crippen LogP contribution in [-0.2, 0) is 38.8 Å². The zero-order chi connectivity index (χ0) is 51.3. The number of nitrogens with zero attached hydrogens (tertiary/aromatic N) is 4. The van der Waals surface area contributed by atoms with Crippen LogP contribution in [0.4, 0.5) is 11.4 Å². The maximum Gasteiger partial charge on any atom is 0.255 e. The summed E-state index contributed by atoms with van der Waals surface area (Å²) in [5, 5.41) is 12.9. The van der Waals surface area contributed by atoms with Crippen LogP contribution in [0.15, 0.2) is 104 Å². The maximum absolute atomic E-state index is 15.2. The van der Waals surface area contributed by atoms with Gasteiger partial charge >= 0.3 is 0 Å². The fourth-order valence-electron chi connectivity index (χ4n) is 10.6. The number of aromatic nitrogens is 2. The number of rotatable bonds is 19. The second kappa shape index (κ2) is 22.5. The quantitative estimate of drug-likeness (QED) is 0.0467. The lowest BCUT2D eigenvalue weighted by molar-refractivity contribution is -0.158. The predicted octanol–water partition coefficient (Wildman–Crippen LogP) is 9.94. The van der Waals surface area contributed by atoms with Crippen LogP contribution in [0.5, 0.6) is 0 Å². The molecular formula is C56H64Cl2N8O6. The number of fused-ring (bicyclic) bond motifs is 1. The molecule has 4 N–H and O–H groups in total. The molecule has 6 amide bonds. The Morgan fingerprint density at radius 1 is 0.889 bits per heavy atom. The number of aryl methyl sites for hydroxylation is 1. The van der Waals surface area contributed by atoms with Crippen molar-refractivity contribution in [3.63, 3.8) is 0 Å². The molecule has 8 rings (SSSR count). The number of halogens is 2. The van der Waals surface area contributed by atoms with Crippen molar-refractivity contribution in [1.29, 1.82) is 0 Å². The number of carbonyl (C=O) groups is 6. The van der Waals surface area contributed by atoms with Gasteiger partial charge < -0.3 is 30.3 Å². The molecule has 378 valence electrons. The molecule has 3 aliphatic rings. The second-order valence-electron chi connectivity index (χ2n) is 20.5. The van der Waals surface area contributed by atoms with Gasteiger partial charge in [-0.2, -0.15) is 0 Å². The molecular weight excluding hydrogens is 952 g/mol. The minimum absolute atomic E-state index is 0.0388. The van der Waals surface area contributed by atoms with Gasteiger partial charge in [-0.15, -0.1) is 0 Å². The lowest BCUT2D eigenvalue weighted by Gasteiger charge is -2.53. The molecule has 3 aliphatic heterocycles. The highest BCUT2D eigenvalue weighted by atomic mass is 35.5. The van der Waals surface area contributed by atoms with E-state index in [1.807, 2.05) is 66.2 Å². The summed E-state index contributed by atoms with van der Waals surface area (Å²) in [4.78, 5) is 88.0. The Bertz CT molecular complexity index is 2810. The van der Waals surface area contributed by atoms with E-state index in [0.29, 0.717) is 71.7 Å². The molecule has 0 bridgehead atoms. The van der Waals surface area contributed by atoms with E-state index < -0.39 is 17.4 Å². The molecule has 1 unspecified atom stereocenters. The molecule has 0 aliphatic carbocycles. The van der Waals surface area contributed by atoms with Crippen LogP contribution >= 0.6 is 23.2 Å². The third-order valence-electron chi connectivity index (χ3n) is 14.3. The number of anilines is 2. The Morgan fingerprint density at radius 3 is 2.35 bits per heavy atom. The highest BCUT2D eigenvalue weighted by Gasteiger charge is 2.53. The average molecular weight is 1020 g/mol. The topological polar surface area (TPSA) is 175 Å². The van der Waals surface area contributed by atoms with Gasteiger partial charge in [0.2, 0.25) is 23.6 Å². The SMILES string of the molecule is CC(C)CC[C@H](C(C)C)N1C(=O)[C@@](C)(CC(=O)Nc2ccc(C(=O)NCCCn3cnc(CNc4cccc5c4CN(C4CCC(=O)NC4=O)C5=O)c3)cc2)C[C@H](c2cccc(Cl)c2)[C@H]1c1ccc(Cl)cc1. The number of imide groups is 1. The van der Waals surface area contributed by atoms with Crippen molar-refractivity contribution in [2.75, 3.05) is 17.2 Å². The molecule has 2 fully saturated rings. The normalized spacial score (nSPS) is 20.4. The van der Waals surface area contributed by atoms with Gasteiger partial charge in [-0.05, 0) is 116 Å². The van der Waals surface area contributed by atoms with Crippen molar-refractivity contribution in [3.05, 3.63) is 147 Å². The van der Waals surface area contributed by atoms with Gasteiger partial charge in [0, 0.05) is 88.7 Å². The summed E-state index contributed by atoms with van der Waals surface area (Å²) in [6, 6.07) is 26.7. The van der Waals surface area contributed by atoms with E-state index >= 15 is 4.79 Å². The van der Waals surface area contributed by atoms with Gasteiger partial charge in [0.25, 0.3) is 11.8 Å². The van der Waals surface area contributed by atoms with E-state index in [-0.39, 0.29) is 72.8 Å². The number of hydrogen-bond acceptors (Lipinski definition) is 8. The summed E-state index contributed by atoms with van der Waals surface area (Å²) in [7, 11) is 0. The Labute approximate surface area is 431 Å². The molecule has 0 radical (unpaired) electrons. The molecule has 5 aromatic rings. The van der Waals surface area contributed by atoms with E-state index in [4.69, 9.17) is 23.2 Å². The maximum atomic E-state index is 15.2. The Balaban J connectivity index is 0.853. The first-order valence-corrected chi connectivity index (χ1v) is 25.8. The summed E-state index contributed by atoms with van der Waals surface area (Å²) < 4.78 is 1.95. The van der Waals surface area contributed by atoms with Crippen LogP contribution in [0.2, 0.25) is 10.0 Å². The van der Waals surface area contributed by atoms with Crippen molar-refractivity contribution in [2.24, 2.45) is 17.3 Å². The number of likely N-dealkylation sites (tertiary alicyclic amines) is 1. The highest BCUT2D eigenvalue weighted by molar-refractivity contribution is 6.30. The van der Waals surface area contributed by atoms with Crippen molar-refractivity contribution >= 4 is 70.0 Å². The molecule has 72 heavy (non-hydrogen) atoms. The number of nitrogens with one attached hydrogen (secondary N) is 4. The van der Waals surface area contributed by atoms with E-state index in [2.05, 4.69) is 64.9 Å². The van der Waals surface area contributed by atoms with Crippen LogP contribution in [0.25, 0.3) is 0 Å². The highest BCUT2D eigenvalue weighted by Crippen LogP contribution is 2.53.